The van der Waals surface area contributed by atoms with Gasteiger partial charge in [-0.3, -0.25) is 4.68 Å². The molecule has 1 aromatic rings. The number of aromatic nitrogens is 2. The van der Waals surface area contributed by atoms with Crippen LogP contribution >= 0.6 is 15.9 Å². The number of halogens is 1. The van der Waals surface area contributed by atoms with Crippen LogP contribution in [0.5, 0.6) is 0 Å². The Morgan fingerprint density at radius 2 is 2.12 bits per heavy atom. The molecule has 17 heavy (non-hydrogen) atoms. The van der Waals surface area contributed by atoms with Crippen LogP contribution in [-0.2, 0) is 6.54 Å². The van der Waals surface area contributed by atoms with Gasteiger partial charge in [0.05, 0.1) is 16.4 Å². The number of hydrogen-bond acceptors (Lipinski definition) is 2. The van der Waals surface area contributed by atoms with E-state index in [1.165, 1.54) is 5.69 Å². The topological polar surface area (TPSA) is 29.9 Å². The molecule has 0 spiro atoms. The second-order valence-corrected chi connectivity index (χ2v) is 5.75. The zero-order chi connectivity index (χ0) is 12.8. The van der Waals surface area contributed by atoms with Gasteiger partial charge in [0.2, 0.25) is 0 Å². The molecule has 1 heterocycles. The second-order valence-electron chi connectivity index (χ2n) is 4.90. The van der Waals surface area contributed by atoms with Crippen molar-refractivity contribution in [1.82, 2.24) is 15.1 Å². The lowest BCUT2D eigenvalue weighted by molar-refractivity contribution is 0.500. The van der Waals surface area contributed by atoms with Gasteiger partial charge in [0.15, 0.2) is 0 Å². The molecule has 1 aromatic heterocycles. The third-order valence-corrected chi connectivity index (χ3v) is 3.48. The largest absolute Gasteiger partial charge is 0.315 e. The highest BCUT2D eigenvalue weighted by atomic mass is 79.9. The Labute approximate surface area is 113 Å². The molecule has 1 atom stereocenters. The molecule has 1 N–H and O–H groups in total. The van der Waals surface area contributed by atoms with E-state index in [2.05, 4.69) is 58.7 Å². The minimum absolute atomic E-state index is 0.532. The Bertz CT molecular complexity index is 333. The highest BCUT2D eigenvalue weighted by Crippen LogP contribution is 2.27. The Balaban J connectivity index is 2.60. The first kappa shape index (κ1) is 14.7. The van der Waals surface area contributed by atoms with Crippen molar-refractivity contribution in [3.8, 4) is 0 Å². The quantitative estimate of drug-likeness (QED) is 0.835. The molecule has 4 heteroatoms. The molecule has 98 valence electrons. The summed E-state index contributed by atoms with van der Waals surface area (Å²) >= 11 is 3.60. The number of rotatable bonds is 7. The zero-order valence-corrected chi connectivity index (χ0v) is 12.9. The Morgan fingerprint density at radius 3 is 2.71 bits per heavy atom. The van der Waals surface area contributed by atoms with E-state index in [0.717, 1.165) is 30.4 Å². The second kappa shape index (κ2) is 7.17. The SMILES string of the molecule is CCCn1ncc(Br)c1C(C)CCNC(C)C. The Hall–Kier alpha value is -0.350. The summed E-state index contributed by atoms with van der Waals surface area (Å²) in [5.41, 5.74) is 1.33. The summed E-state index contributed by atoms with van der Waals surface area (Å²) in [4.78, 5) is 0. The minimum Gasteiger partial charge on any atom is -0.315 e. The minimum atomic E-state index is 0.532. The van der Waals surface area contributed by atoms with Gasteiger partial charge in [-0.1, -0.05) is 27.7 Å². The van der Waals surface area contributed by atoms with Crippen molar-refractivity contribution in [3.63, 3.8) is 0 Å². The van der Waals surface area contributed by atoms with E-state index >= 15 is 0 Å². The fourth-order valence-electron chi connectivity index (χ4n) is 1.98. The van der Waals surface area contributed by atoms with E-state index in [1.807, 2.05) is 6.20 Å². The van der Waals surface area contributed by atoms with Gasteiger partial charge >= 0.3 is 0 Å². The zero-order valence-electron chi connectivity index (χ0n) is 11.3. The Morgan fingerprint density at radius 1 is 1.41 bits per heavy atom. The summed E-state index contributed by atoms with van der Waals surface area (Å²) in [6, 6.07) is 0.561. The summed E-state index contributed by atoms with van der Waals surface area (Å²) in [5.74, 6) is 0.532. The van der Waals surface area contributed by atoms with Gasteiger partial charge in [0.1, 0.15) is 0 Å². The van der Waals surface area contributed by atoms with Crippen LogP contribution in [0.2, 0.25) is 0 Å². The molecule has 0 amide bonds. The van der Waals surface area contributed by atoms with E-state index in [9.17, 15) is 0 Å². The van der Waals surface area contributed by atoms with Crippen LogP contribution in [0.1, 0.15) is 52.1 Å². The lowest BCUT2D eigenvalue weighted by Crippen LogP contribution is -2.25. The van der Waals surface area contributed by atoms with Crippen LogP contribution in [-0.4, -0.2) is 22.4 Å². The van der Waals surface area contributed by atoms with Crippen LogP contribution < -0.4 is 5.32 Å². The van der Waals surface area contributed by atoms with E-state index in [0.29, 0.717) is 12.0 Å². The molecule has 0 aliphatic rings. The molecule has 0 saturated carbocycles. The molecule has 1 unspecified atom stereocenters. The predicted octanol–water partition coefficient (Wildman–Crippen LogP) is 3.55. The Kier molecular flexibility index (Phi) is 6.20. The van der Waals surface area contributed by atoms with Crippen LogP contribution in [0, 0.1) is 0 Å². The maximum absolute atomic E-state index is 4.42. The van der Waals surface area contributed by atoms with Crippen LogP contribution in [0.15, 0.2) is 10.7 Å². The first-order chi connectivity index (χ1) is 8.06. The average Bonchev–Trinajstić information content (AvgIpc) is 2.60. The van der Waals surface area contributed by atoms with E-state index in [1.54, 1.807) is 0 Å². The molecule has 0 aliphatic carbocycles. The summed E-state index contributed by atoms with van der Waals surface area (Å²) in [7, 11) is 0. The van der Waals surface area contributed by atoms with Gasteiger partial charge in [-0.05, 0) is 35.3 Å². The third kappa shape index (κ3) is 4.43. The van der Waals surface area contributed by atoms with Crippen molar-refractivity contribution in [2.24, 2.45) is 0 Å². The molecule has 0 bridgehead atoms. The van der Waals surface area contributed by atoms with Crippen molar-refractivity contribution < 1.29 is 0 Å². The monoisotopic (exact) mass is 301 g/mol. The predicted molar refractivity (Wildman–Crippen MR) is 76.4 cm³/mol. The van der Waals surface area contributed by atoms with Crippen LogP contribution in [0.3, 0.4) is 0 Å². The van der Waals surface area contributed by atoms with Crippen molar-refractivity contribution in [2.45, 2.75) is 59.0 Å². The molecule has 1 rings (SSSR count). The molecule has 0 saturated heterocycles. The molecule has 0 fully saturated rings. The number of nitrogens with zero attached hydrogens (tertiary/aromatic N) is 2. The average molecular weight is 302 g/mol. The third-order valence-electron chi connectivity index (χ3n) is 2.87. The molecule has 0 radical (unpaired) electrons. The van der Waals surface area contributed by atoms with Crippen LogP contribution in [0.25, 0.3) is 0 Å². The standard InChI is InChI=1S/C13H24BrN3/c1-5-8-17-13(12(14)9-16-17)11(4)6-7-15-10(2)3/h9-11,15H,5-8H2,1-4H3. The van der Waals surface area contributed by atoms with E-state index in [4.69, 9.17) is 0 Å². The summed E-state index contributed by atoms with van der Waals surface area (Å²) in [6.07, 6.45) is 4.18. The van der Waals surface area contributed by atoms with E-state index < -0.39 is 0 Å². The van der Waals surface area contributed by atoms with Crippen molar-refractivity contribution in [2.75, 3.05) is 6.54 Å². The van der Waals surface area contributed by atoms with Gasteiger partial charge in [-0.15, -0.1) is 0 Å². The van der Waals surface area contributed by atoms with Gasteiger partial charge in [-0.25, -0.2) is 0 Å². The molecular weight excluding hydrogens is 278 g/mol. The smallest absolute Gasteiger partial charge is 0.0635 e. The van der Waals surface area contributed by atoms with Gasteiger partial charge in [0.25, 0.3) is 0 Å². The van der Waals surface area contributed by atoms with Crippen molar-refractivity contribution >= 4 is 15.9 Å². The molecule has 3 nitrogen and oxygen atoms in total. The maximum Gasteiger partial charge on any atom is 0.0635 e. The maximum atomic E-state index is 4.42. The molecule has 0 aliphatic heterocycles. The number of aryl methyl sites for hydroxylation is 1. The first-order valence-corrected chi connectivity index (χ1v) is 7.30. The fraction of sp³-hybridized carbons (Fsp3) is 0.769. The fourth-order valence-corrected chi connectivity index (χ4v) is 2.66. The molecular formula is C13H24BrN3. The molecule has 0 aromatic carbocycles. The van der Waals surface area contributed by atoms with Crippen LogP contribution in [0.4, 0.5) is 0 Å². The van der Waals surface area contributed by atoms with E-state index in [-0.39, 0.29) is 0 Å². The summed E-state index contributed by atoms with van der Waals surface area (Å²) in [6.45, 7) is 10.9. The number of nitrogens with one attached hydrogen (secondary N) is 1. The van der Waals surface area contributed by atoms with Gasteiger partial charge < -0.3 is 5.32 Å². The van der Waals surface area contributed by atoms with Gasteiger partial charge in [-0.2, -0.15) is 5.10 Å². The first-order valence-electron chi connectivity index (χ1n) is 6.50. The highest BCUT2D eigenvalue weighted by Gasteiger charge is 2.15. The number of hydrogen-bond donors (Lipinski definition) is 1. The normalized spacial score (nSPS) is 13.3. The van der Waals surface area contributed by atoms with Crippen molar-refractivity contribution in [1.29, 1.82) is 0 Å². The van der Waals surface area contributed by atoms with Crippen molar-refractivity contribution in [3.05, 3.63) is 16.4 Å². The summed E-state index contributed by atoms with van der Waals surface area (Å²) < 4.78 is 3.27. The highest BCUT2D eigenvalue weighted by molar-refractivity contribution is 9.10. The summed E-state index contributed by atoms with van der Waals surface area (Å²) in [5, 5.41) is 7.88. The lowest BCUT2D eigenvalue weighted by Gasteiger charge is -2.16. The lowest BCUT2D eigenvalue weighted by atomic mass is 10.0. The van der Waals surface area contributed by atoms with Gasteiger partial charge in [0, 0.05) is 18.5 Å².